The van der Waals surface area contributed by atoms with Crippen molar-refractivity contribution in [3.63, 3.8) is 0 Å². The number of halogens is 1. The molecule has 2 aromatic heterocycles. The molecule has 34 heavy (non-hydrogen) atoms. The second kappa shape index (κ2) is 8.03. The lowest BCUT2D eigenvalue weighted by Crippen LogP contribution is -2.26. The van der Waals surface area contributed by atoms with Crippen LogP contribution in [0.5, 0.6) is 0 Å². The van der Waals surface area contributed by atoms with Gasteiger partial charge in [0, 0.05) is 42.0 Å². The lowest BCUT2D eigenvalue weighted by Gasteiger charge is -2.23. The van der Waals surface area contributed by atoms with Gasteiger partial charge in [0.05, 0.1) is 17.5 Å². The predicted molar refractivity (Wildman–Crippen MR) is 130 cm³/mol. The average molecular weight is 459 g/mol. The minimum absolute atomic E-state index is 0.0989. The molecule has 0 N–H and O–H groups in total. The first-order chi connectivity index (χ1) is 16.4. The number of hydrogen-bond acceptors (Lipinski definition) is 3. The van der Waals surface area contributed by atoms with Crippen LogP contribution in [0, 0.1) is 24.2 Å². The van der Waals surface area contributed by atoms with Gasteiger partial charge >= 0.3 is 0 Å². The lowest BCUT2D eigenvalue weighted by molar-refractivity contribution is 0.0771. The van der Waals surface area contributed by atoms with Gasteiger partial charge in [-0.2, -0.15) is 9.49 Å². The number of pyridine rings is 1. The van der Waals surface area contributed by atoms with Gasteiger partial charge in [0.15, 0.2) is 0 Å². The maximum absolute atomic E-state index is 15.6. The molecule has 6 rings (SSSR count). The molecule has 2 saturated carbocycles. The number of hydrogen-bond donors (Lipinski definition) is 0. The van der Waals surface area contributed by atoms with Crippen molar-refractivity contribution in [1.82, 2.24) is 19.7 Å². The van der Waals surface area contributed by atoms with Gasteiger partial charge in [0.2, 0.25) is 5.95 Å². The Bertz CT molecular complexity index is 1270. The summed E-state index contributed by atoms with van der Waals surface area (Å²) in [5.41, 5.74) is 5.48. The highest BCUT2D eigenvalue weighted by molar-refractivity contribution is 6.00. The molecule has 3 aromatic rings. The van der Waals surface area contributed by atoms with E-state index in [0.717, 1.165) is 41.8 Å². The van der Waals surface area contributed by atoms with Crippen LogP contribution in [0.15, 0.2) is 36.5 Å². The van der Waals surface area contributed by atoms with E-state index in [9.17, 15) is 4.79 Å². The Hall–Kier alpha value is -3.02. The van der Waals surface area contributed by atoms with E-state index in [4.69, 9.17) is 4.98 Å². The van der Waals surface area contributed by atoms with Crippen LogP contribution in [0.25, 0.3) is 22.4 Å². The summed E-state index contributed by atoms with van der Waals surface area (Å²) in [5, 5.41) is 4.42. The van der Waals surface area contributed by atoms with Crippen LogP contribution >= 0.6 is 0 Å². The SMILES string of the molecule is Cc1ccc(-c2cnn(CC3(C)CCCC3)c2F)c(-c2ccc3c(c2)C(=O)N(CC2CC2)C3)n1. The molecule has 0 saturated heterocycles. The summed E-state index contributed by atoms with van der Waals surface area (Å²) < 4.78 is 17.1. The third-order valence-corrected chi connectivity index (χ3v) is 7.88. The van der Waals surface area contributed by atoms with Crippen molar-refractivity contribution in [2.75, 3.05) is 6.54 Å². The first-order valence-corrected chi connectivity index (χ1v) is 12.5. The first-order valence-electron chi connectivity index (χ1n) is 12.5. The molecule has 0 radical (unpaired) electrons. The van der Waals surface area contributed by atoms with E-state index in [1.54, 1.807) is 6.20 Å². The normalized spacial score (nSPS) is 19.1. The van der Waals surface area contributed by atoms with E-state index < -0.39 is 0 Å². The summed E-state index contributed by atoms with van der Waals surface area (Å²) >= 11 is 0. The van der Waals surface area contributed by atoms with Gasteiger partial charge in [-0.25, -0.2) is 4.68 Å². The van der Waals surface area contributed by atoms with Gasteiger partial charge in [-0.3, -0.25) is 9.78 Å². The molecule has 1 amide bonds. The van der Waals surface area contributed by atoms with Crippen LogP contribution in [0.1, 0.15) is 67.1 Å². The molecular formula is C28H31FN4O. The fourth-order valence-electron chi connectivity index (χ4n) is 5.67. The van der Waals surface area contributed by atoms with Crippen LogP contribution in [-0.4, -0.2) is 32.1 Å². The van der Waals surface area contributed by atoms with E-state index in [2.05, 4.69) is 12.0 Å². The van der Waals surface area contributed by atoms with Crippen molar-refractivity contribution in [3.05, 3.63) is 59.3 Å². The number of amides is 1. The number of carbonyl (C=O) groups is 1. The summed E-state index contributed by atoms with van der Waals surface area (Å²) in [6.07, 6.45) is 8.70. The molecule has 6 heteroatoms. The van der Waals surface area contributed by atoms with Crippen LogP contribution < -0.4 is 0 Å². The molecule has 2 aliphatic carbocycles. The molecule has 1 aliphatic heterocycles. The topological polar surface area (TPSA) is 51.0 Å². The van der Waals surface area contributed by atoms with E-state index in [1.807, 2.05) is 42.2 Å². The van der Waals surface area contributed by atoms with Crippen molar-refractivity contribution >= 4 is 5.91 Å². The molecule has 0 spiro atoms. The molecule has 0 bridgehead atoms. The molecular weight excluding hydrogens is 427 g/mol. The fraction of sp³-hybridized carbons (Fsp3) is 0.464. The van der Waals surface area contributed by atoms with Crippen LogP contribution in [0.4, 0.5) is 4.39 Å². The number of fused-ring (bicyclic) bond motifs is 1. The fourth-order valence-corrected chi connectivity index (χ4v) is 5.67. The highest BCUT2D eigenvalue weighted by atomic mass is 19.1. The van der Waals surface area contributed by atoms with Crippen molar-refractivity contribution in [2.24, 2.45) is 11.3 Å². The number of nitrogens with zero attached hydrogens (tertiary/aromatic N) is 4. The minimum Gasteiger partial charge on any atom is -0.334 e. The maximum atomic E-state index is 15.6. The van der Waals surface area contributed by atoms with E-state index in [0.29, 0.717) is 35.8 Å². The Morgan fingerprint density at radius 2 is 1.88 bits per heavy atom. The van der Waals surface area contributed by atoms with Crippen LogP contribution in [0.3, 0.4) is 0 Å². The quantitative estimate of drug-likeness (QED) is 0.455. The Kier molecular flexibility index (Phi) is 5.08. The van der Waals surface area contributed by atoms with Crippen LogP contribution in [-0.2, 0) is 13.1 Å². The Morgan fingerprint density at radius 3 is 2.65 bits per heavy atom. The van der Waals surface area contributed by atoms with Gasteiger partial charge in [-0.1, -0.05) is 38.0 Å². The third-order valence-electron chi connectivity index (χ3n) is 7.88. The van der Waals surface area contributed by atoms with Crippen molar-refractivity contribution in [2.45, 2.75) is 65.5 Å². The largest absolute Gasteiger partial charge is 0.334 e. The highest BCUT2D eigenvalue weighted by Crippen LogP contribution is 2.40. The maximum Gasteiger partial charge on any atom is 0.254 e. The van der Waals surface area contributed by atoms with E-state index >= 15 is 4.39 Å². The van der Waals surface area contributed by atoms with Gasteiger partial charge in [0.1, 0.15) is 0 Å². The minimum atomic E-state index is -0.312. The molecule has 3 aliphatic rings. The average Bonchev–Trinajstić information content (AvgIpc) is 3.31. The zero-order valence-corrected chi connectivity index (χ0v) is 20.0. The van der Waals surface area contributed by atoms with Gasteiger partial charge < -0.3 is 4.90 Å². The molecule has 5 nitrogen and oxygen atoms in total. The number of aromatic nitrogens is 3. The van der Waals surface area contributed by atoms with E-state index in [1.165, 1.54) is 30.4 Å². The molecule has 176 valence electrons. The summed E-state index contributed by atoms with van der Waals surface area (Å²) in [4.78, 5) is 19.8. The summed E-state index contributed by atoms with van der Waals surface area (Å²) in [5.74, 6) is 0.448. The Balaban J connectivity index is 1.35. The molecule has 1 aromatic carbocycles. The Morgan fingerprint density at radius 1 is 1.09 bits per heavy atom. The van der Waals surface area contributed by atoms with Gasteiger partial charge in [0.25, 0.3) is 5.91 Å². The van der Waals surface area contributed by atoms with Crippen LogP contribution in [0.2, 0.25) is 0 Å². The van der Waals surface area contributed by atoms with Crippen molar-refractivity contribution < 1.29 is 9.18 Å². The monoisotopic (exact) mass is 458 g/mol. The molecule has 0 atom stereocenters. The van der Waals surface area contributed by atoms with Crippen molar-refractivity contribution in [1.29, 1.82) is 0 Å². The Labute approximate surface area is 200 Å². The first kappa shape index (κ1) is 21.5. The van der Waals surface area contributed by atoms with Gasteiger partial charge in [-0.05, 0) is 61.6 Å². The smallest absolute Gasteiger partial charge is 0.254 e. The summed E-state index contributed by atoms with van der Waals surface area (Å²) in [7, 11) is 0. The predicted octanol–water partition coefficient (Wildman–Crippen LogP) is 6.01. The molecule has 2 fully saturated rings. The van der Waals surface area contributed by atoms with Crippen molar-refractivity contribution in [3.8, 4) is 22.4 Å². The second-order valence-electron chi connectivity index (χ2n) is 10.9. The highest BCUT2D eigenvalue weighted by Gasteiger charge is 2.33. The van der Waals surface area contributed by atoms with E-state index in [-0.39, 0.29) is 17.3 Å². The van der Waals surface area contributed by atoms with Gasteiger partial charge in [-0.15, -0.1) is 0 Å². The molecule has 3 heterocycles. The lowest BCUT2D eigenvalue weighted by atomic mass is 9.89. The summed E-state index contributed by atoms with van der Waals surface area (Å²) in [6.45, 7) is 6.29. The molecule has 0 unspecified atom stereocenters. The second-order valence-corrected chi connectivity index (χ2v) is 10.9. The number of rotatable bonds is 6. The standard InChI is InChI=1S/C28H31FN4O/c1-18-5-10-22(24-14-30-33(26(24)29)17-28(2)11-3-4-12-28)25(31-18)20-8-9-21-16-32(15-19-6-7-19)27(34)23(21)13-20/h5,8-10,13-14,19H,3-4,6-7,11-12,15-17H2,1-2H3. The zero-order valence-electron chi connectivity index (χ0n) is 20.0. The summed E-state index contributed by atoms with van der Waals surface area (Å²) in [6, 6.07) is 9.82. The third kappa shape index (κ3) is 3.83. The zero-order chi connectivity index (χ0) is 23.4. The number of carbonyl (C=O) groups excluding carboxylic acids is 1. The number of benzene rings is 1. The number of aryl methyl sites for hydroxylation is 1.